The van der Waals surface area contributed by atoms with E-state index in [0.717, 1.165) is 15.6 Å². The Morgan fingerprint density at radius 1 is 1.17 bits per heavy atom. The standard InChI is InChI=1S/C20H17Cl2N3O3S2/c1-11-15(21)7-16(22)19(23-11)25-18(26)8-28-20(27)14-5-3-4-6-17(14)30-10-13-9-29-12(2)24-13/h3-7,9H,8,10H2,1-2H3,(H,23,25,26). The van der Waals surface area contributed by atoms with Crippen LogP contribution in [0.3, 0.4) is 0 Å². The molecule has 0 saturated heterocycles. The van der Waals surface area contributed by atoms with Gasteiger partial charge >= 0.3 is 5.97 Å². The van der Waals surface area contributed by atoms with Crippen LogP contribution in [0.4, 0.5) is 5.82 Å². The summed E-state index contributed by atoms with van der Waals surface area (Å²) in [6.45, 7) is 3.17. The molecule has 3 rings (SSSR count). The molecule has 1 amide bonds. The third-order valence-electron chi connectivity index (χ3n) is 3.85. The number of hydrogen-bond acceptors (Lipinski definition) is 7. The number of hydrogen-bond donors (Lipinski definition) is 1. The minimum absolute atomic E-state index is 0.161. The first-order valence-corrected chi connectivity index (χ1v) is 11.4. The zero-order chi connectivity index (χ0) is 21.7. The Balaban J connectivity index is 1.59. The number of aromatic nitrogens is 2. The fraction of sp³-hybridized carbons (Fsp3) is 0.200. The van der Waals surface area contributed by atoms with Crippen molar-refractivity contribution in [1.82, 2.24) is 9.97 Å². The molecule has 1 N–H and O–H groups in total. The van der Waals surface area contributed by atoms with Crippen LogP contribution in [0, 0.1) is 13.8 Å². The number of nitrogens with one attached hydrogen (secondary N) is 1. The van der Waals surface area contributed by atoms with Crippen LogP contribution in [-0.2, 0) is 15.3 Å². The lowest BCUT2D eigenvalue weighted by molar-refractivity contribution is -0.119. The molecule has 0 spiro atoms. The molecule has 0 radical (unpaired) electrons. The smallest absolute Gasteiger partial charge is 0.339 e. The van der Waals surface area contributed by atoms with Crippen molar-refractivity contribution in [2.75, 3.05) is 11.9 Å². The van der Waals surface area contributed by atoms with E-state index in [1.165, 1.54) is 17.8 Å². The van der Waals surface area contributed by atoms with Crippen molar-refractivity contribution in [1.29, 1.82) is 0 Å². The molecular weight excluding hydrogens is 465 g/mol. The first-order valence-electron chi connectivity index (χ1n) is 8.76. The number of halogens is 2. The zero-order valence-electron chi connectivity index (χ0n) is 16.1. The second kappa shape index (κ2) is 10.3. The zero-order valence-corrected chi connectivity index (χ0v) is 19.2. The van der Waals surface area contributed by atoms with Crippen LogP contribution in [-0.4, -0.2) is 28.5 Å². The highest BCUT2D eigenvalue weighted by molar-refractivity contribution is 7.98. The number of thiazole rings is 1. The Hall–Kier alpha value is -2.13. The predicted molar refractivity (Wildman–Crippen MR) is 121 cm³/mol. The van der Waals surface area contributed by atoms with E-state index >= 15 is 0 Å². The van der Waals surface area contributed by atoms with Crippen LogP contribution in [0.2, 0.25) is 10.0 Å². The maximum Gasteiger partial charge on any atom is 0.339 e. The second-order valence-electron chi connectivity index (χ2n) is 6.15. The summed E-state index contributed by atoms with van der Waals surface area (Å²) in [6, 6.07) is 8.57. The molecule has 1 aromatic carbocycles. The number of carbonyl (C=O) groups excluding carboxylic acids is 2. The molecule has 6 nitrogen and oxygen atoms in total. The Bertz CT molecular complexity index is 1090. The number of benzene rings is 1. The molecule has 0 atom stereocenters. The van der Waals surface area contributed by atoms with E-state index in [4.69, 9.17) is 27.9 Å². The van der Waals surface area contributed by atoms with Crippen LogP contribution in [0.1, 0.15) is 26.8 Å². The van der Waals surface area contributed by atoms with Crippen LogP contribution in [0.5, 0.6) is 0 Å². The number of aryl methyl sites for hydroxylation is 2. The van der Waals surface area contributed by atoms with Gasteiger partial charge in [-0.2, -0.15) is 0 Å². The number of pyridine rings is 1. The van der Waals surface area contributed by atoms with Gasteiger partial charge in [0.2, 0.25) is 0 Å². The Labute approximate surface area is 192 Å². The molecule has 0 saturated carbocycles. The fourth-order valence-corrected chi connectivity index (χ4v) is 4.47. The molecule has 0 aliphatic carbocycles. The number of esters is 1. The number of thioether (sulfide) groups is 1. The van der Waals surface area contributed by atoms with Gasteiger partial charge in [-0.05, 0) is 32.0 Å². The third-order valence-corrected chi connectivity index (χ3v) is 6.45. The molecular formula is C20H17Cl2N3O3S2. The van der Waals surface area contributed by atoms with Crippen molar-refractivity contribution in [3.05, 3.63) is 67.7 Å². The van der Waals surface area contributed by atoms with Crippen LogP contribution in [0.25, 0.3) is 0 Å². The van der Waals surface area contributed by atoms with Crippen molar-refractivity contribution in [2.45, 2.75) is 24.5 Å². The highest BCUT2D eigenvalue weighted by Gasteiger charge is 2.16. The maximum absolute atomic E-state index is 12.5. The van der Waals surface area contributed by atoms with Gasteiger partial charge in [0.1, 0.15) is 0 Å². The first kappa shape index (κ1) is 22.6. The Morgan fingerprint density at radius 3 is 2.67 bits per heavy atom. The number of nitrogens with zero attached hydrogens (tertiary/aromatic N) is 2. The van der Waals surface area contributed by atoms with Gasteiger partial charge in [-0.1, -0.05) is 35.3 Å². The lowest BCUT2D eigenvalue weighted by atomic mass is 10.2. The van der Waals surface area contributed by atoms with E-state index in [1.54, 1.807) is 30.4 Å². The lowest BCUT2D eigenvalue weighted by Gasteiger charge is -2.10. The van der Waals surface area contributed by atoms with E-state index in [0.29, 0.717) is 22.0 Å². The number of ether oxygens (including phenoxy) is 1. The Kier molecular flexibility index (Phi) is 7.71. The molecule has 3 aromatic rings. The van der Waals surface area contributed by atoms with Crippen molar-refractivity contribution >= 4 is 64.0 Å². The van der Waals surface area contributed by atoms with E-state index in [1.807, 2.05) is 24.4 Å². The van der Waals surface area contributed by atoms with Crippen LogP contribution >= 0.6 is 46.3 Å². The van der Waals surface area contributed by atoms with Gasteiger partial charge in [-0.15, -0.1) is 23.1 Å². The van der Waals surface area contributed by atoms with Crippen molar-refractivity contribution in [3.8, 4) is 0 Å². The van der Waals surface area contributed by atoms with E-state index < -0.39 is 18.5 Å². The summed E-state index contributed by atoms with van der Waals surface area (Å²) >= 11 is 15.0. The number of carbonyl (C=O) groups is 2. The normalized spacial score (nSPS) is 10.7. The first-order chi connectivity index (χ1) is 14.3. The SMILES string of the molecule is Cc1nc(CSc2ccccc2C(=O)OCC(=O)Nc2nc(C)c(Cl)cc2Cl)cs1. The fourth-order valence-electron chi connectivity index (χ4n) is 2.41. The van der Waals surface area contributed by atoms with Gasteiger partial charge in [0, 0.05) is 16.0 Å². The lowest BCUT2D eigenvalue weighted by Crippen LogP contribution is -2.22. The van der Waals surface area contributed by atoms with E-state index in [9.17, 15) is 9.59 Å². The molecule has 0 aliphatic rings. The number of anilines is 1. The largest absolute Gasteiger partial charge is 0.452 e. The third kappa shape index (κ3) is 5.95. The monoisotopic (exact) mass is 481 g/mol. The van der Waals surface area contributed by atoms with E-state index in [-0.39, 0.29) is 10.8 Å². The summed E-state index contributed by atoms with van der Waals surface area (Å²) in [5.74, 6) is -0.347. The van der Waals surface area contributed by atoms with Gasteiger partial charge < -0.3 is 10.1 Å². The van der Waals surface area contributed by atoms with Crippen LogP contribution < -0.4 is 5.32 Å². The van der Waals surface area contributed by atoms with Gasteiger partial charge in [-0.3, -0.25) is 4.79 Å². The van der Waals surface area contributed by atoms with Gasteiger partial charge in [-0.25, -0.2) is 14.8 Å². The predicted octanol–water partition coefficient (Wildman–Crippen LogP) is 5.55. The number of rotatable bonds is 7. The average molecular weight is 482 g/mol. The molecule has 0 unspecified atom stereocenters. The summed E-state index contributed by atoms with van der Waals surface area (Å²) in [5, 5.41) is 6.10. The molecule has 2 heterocycles. The average Bonchev–Trinajstić information content (AvgIpc) is 3.14. The highest BCUT2D eigenvalue weighted by Crippen LogP contribution is 2.28. The van der Waals surface area contributed by atoms with Crippen LogP contribution in [0.15, 0.2) is 40.6 Å². The van der Waals surface area contributed by atoms with Gasteiger partial charge in [0.05, 0.1) is 32.0 Å². The summed E-state index contributed by atoms with van der Waals surface area (Å²) in [6.07, 6.45) is 0. The minimum Gasteiger partial charge on any atom is -0.452 e. The van der Waals surface area contributed by atoms with Gasteiger partial charge in [0.15, 0.2) is 12.4 Å². The molecule has 10 heteroatoms. The topological polar surface area (TPSA) is 81.2 Å². The molecule has 156 valence electrons. The highest BCUT2D eigenvalue weighted by atomic mass is 35.5. The summed E-state index contributed by atoms with van der Waals surface area (Å²) < 4.78 is 5.18. The van der Waals surface area contributed by atoms with Crippen molar-refractivity contribution in [2.24, 2.45) is 0 Å². The quantitative estimate of drug-likeness (QED) is 0.351. The summed E-state index contributed by atoms with van der Waals surface area (Å²) in [5.41, 5.74) is 1.86. The molecule has 0 fully saturated rings. The minimum atomic E-state index is -0.589. The van der Waals surface area contributed by atoms with Gasteiger partial charge in [0.25, 0.3) is 5.91 Å². The molecule has 2 aromatic heterocycles. The maximum atomic E-state index is 12.5. The van der Waals surface area contributed by atoms with E-state index in [2.05, 4.69) is 15.3 Å². The molecule has 0 aliphatic heterocycles. The molecule has 30 heavy (non-hydrogen) atoms. The summed E-state index contributed by atoms with van der Waals surface area (Å²) in [4.78, 5) is 34.0. The number of amides is 1. The van der Waals surface area contributed by atoms with Crippen molar-refractivity contribution in [3.63, 3.8) is 0 Å². The summed E-state index contributed by atoms with van der Waals surface area (Å²) in [7, 11) is 0. The van der Waals surface area contributed by atoms with Crippen molar-refractivity contribution < 1.29 is 14.3 Å². The second-order valence-corrected chi connectivity index (χ2v) is 9.05. The molecule has 0 bridgehead atoms. The Morgan fingerprint density at radius 2 is 1.93 bits per heavy atom.